The van der Waals surface area contributed by atoms with Gasteiger partial charge < -0.3 is 9.47 Å². The minimum Gasteiger partial charge on any atom is -0.496 e. The largest absolute Gasteiger partial charge is 0.496 e. The predicted molar refractivity (Wildman–Crippen MR) is 97.1 cm³/mol. The van der Waals surface area contributed by atoms with Crippen molar-refractivity contribution >= 4 is 55.8 Å². The van der Waals surface area contributed by atoms with Crippen molar-refractivity contribution in [1.29, 1.82) is 0 Å². The number of ether oxygens (including phenoxy) is 2. The van der Waals surface area contributed by atoms with E-state index in [0.717, 1.165) is 4.70 Å². The van der Waals surface area contributed by atoms with E-state index in [0.29, 0.717) is 37.8 Å². The lowest BCUT2D eigenvalue weighted by Gasteiger charge is -2.08. The molecule has 0 saturated heterocycles. The van der Waals surface area contributed by atoms with Gasteiger partial charge in [0.15, 0.2) is 5.13 Å². The number of rotatable bonds is 4. The van der Waals surface area contributed by atoms with E-state index in [1.54, 1.807) is 37.4 Å². The number of carbonyl (C=O) groups excluding carboxylic acids is 1. The van der Waals surface area contributed by atoms with Crippen molar-refractivity contribution in [3.63, 3.8) is 0 Å². The van der Waals surface area contributed by atoms with E-state index in [1.807, 2.05) is 0 Å². The number of nitrogens with one attached hydrogen (secondary N) is 1. The summed E-state index contributed by atoms with van der Waals surface area (Å²) in [7, 11) is 3.04. The molecule has 0 atom stereocenters. The number of hydrogen-bond donors (Lipinski definition) is 1. The van der Waals surface area contributed by atoms with Crippen molar-refractivity contribution in [3.05, 3.63) is 45.9 Å². The molecule has 8 heteroatoms. The van der Waals surface area contributed by atoms with E-state index >= 15 is 0 Å². The summed E-state index contributed by atoms with van der Waals surface area (Å²) in [6.07, 6.45) is 0. The Labute approximate surface area is 152 Å². The van der Waals surface area contributed by atoms with Crippen LogP contribution in [0.5, 0.6) is 11.5 Å². The highest BCUT2D eigenvalue weighted by molar-refractivity contribution is 7.22. The average molecular weight is 383 g/mol. The van der Waals surface area contributed by atoms with E-state index in [4.69, 9.17) is 32.7 Å². The molecular formula is C16H12Cl2N2O3S. The second kappa shape index (κ2) is 6.84. The van der Waals surface area contributed by atoms with E-state index in [-0.39, 0.29) is 5.91 Å². The Morgan fingerprint density at radius 3 is 2.58 bits per heavy atom. The van der Waals surface area contributed by atoms with Crippen molar-refractivity contribution in [3.8, 4) is 11.5 Å². The molecule has 0 bridgehead atoms. The highest BCUT2D eigenvalue weighted by Crippen LogP contribution is 2.35. The van der Waals surface area contributed by atoms with Gasteiger partial charge in [-0.3, -0.25) is 10.1 Å². The predicted octanol–water partition coefficient (Wildman–Crippen LogP) is 4.87. The van der Waals surface area contributed by atoms with Gasteiger partial charge in [-0.15, -0.1) is 0 Å². The average Bonchev–Trinajstić information content (AvgIpc) is 2.94. The molecule has 24 heavy (non-hydrogen) atoms. The highest BCUT2D eigenvalue weighted by atomic mass is 35.5. The van der Waals surface area contributed by atoms with Gasteiger partial charge in [0.05, 0.1) is 35.0 Å². The first-order valence-electron chi connectivity index (χ1n) is 6.81. The molecule has 0 fully saturated rings. The Morgan fingerprint density at radius 1 is 1.12 bits per heavy atom. The standard InChI is InChI=1S/C16H12Cl2N2O3S/c1-22-12-4-3-8(17)5-9(12)15(21)20-16-19-11-6-10(18)13(23-2)7-14(11)24-16/h3-7H,1-2H3,(H,19,20,21). The smallest absolute Gasteiger partial charge is 0.261 e. The zero-order valence-electron chi connectivity index (χ0n) is 12.7. The van der Waals surface area contributed by atoms with Gasteiger partial charge in [0.2, 0.25) is 0 Å². The van der Waals surface area contributed by atoms with Gasteiger partial charge in [-0.05, 0) is 24.3 Å². The topological polar surface area (TPSA) is 60.5 Å². The van der Waals surface area contributed by atoms with E-state index in [9.17, 15) is 4.79 Å². The van der Waals surface area contributed by atoms with Gasteiger partial charge in [0.25, 0.3) is 5.91 Å². The number of thiazole rings is 1. The molecule has 1 amide bonds. The van der Waals surface area contributed by atoms with Crippen LogP contribution >= 0.6 is 34.5 Å². The Bertz CT molecular complexity index is 927. The van der Waals surface area contributed by atoms with Gasteiger partial charge in [0.1, 0.15) is 11.5 Å². The summed E-state index contributed by atoms with van der Waals surface area (Å²) >= 11 is 13.4. The van der Waals surface area contributed by atoms with Crippen LogP contribution in [0.2, 0.25) is 10.0 Å². The quantitative estimate of drug-likeness (QED) is 0.698. The lowest BCUT2D eigenvalue weighted by Crippen LogP contribution is -2.13. The SMILES string of the molecule is COc1cc2sc(NC(=O)c3cc(Cl)ccc3OC)nc2cc1Cl. The van der Waals surface area contributed by atoms with Gasteiger partial charge >= 0.3 is 0 Å². The van der Waals surface area contributed by atoms with Crippen LogP contribution in [0.25, 0.3) is 10.2 Å². The maximum Gasteiger partial charge on any atom is 0.261 e. The Morgan fingerprint density at radius 2 is 1.88 bits per heavy atom. The molecule has 3 rings (SSSR count). The Hall–Kier alpha value is -2.02. The summed E-state index contributed by atoms with van der Waals surface area (Å²) in [5.41, 5.74) is 1.01. The molecule has 0 unspecified atom stereocenters. The second-order valence-corrected chi connectivity index (χ2v) is 6.65. The van der Waals surface area contributed by atoms with Crippen molar-refractivity contribution in [2.75, 3.05) is 19.5 Å². The third kappa shape index (κ3) is 3.26. The first kappa shape index (κ1) is 16.8. The summed E-state index contributed by atoms with van der Waals surface area (Å²) in [4.78, 5) is 16.8. The number of halogens is 2. The fourth-order valence-electron chi connectivity index (χ4n) is 2.16. The van der Waals surface area contributed by atoms with Crippen LogP contribution in [0.1, 0.15) is 10.4 Å². The number of fused-ring (bicyclic) bond motifs is 1. The van der Waals surface area contributed by atoms with Crippen LogP contribution < -0.4 is 14.8 Å². The minimum atomic E-state index is -0.355. The van der Waals surface area contributed by atoms with Crippen molar-refractivity contribution in [2.45, 2.75) is 0 Å². The van der Waals surface area contributed by atoms with Crippen LogP contribution in [-0.4, -0.2) is 25.1 Å². The number of nitrogens with zero attached hydrogens (tertiary/aromatic N) is 1. The number of anilines is 1. The minimum absolute atomic E-state index is 0.333. The number of aromatic nitrogens is 1. The molecule has 1 N–H and O–H groups in total. The fraction of sp³-hybridized carbons (Fsp3) is 0.125. The molecule has 5 nitrogen and oxygen atoms in total. The first-order valence-corrected chi connectivity index (χ1v) is 8.38. The summed E-state index contributed by atoms with van der Waals surface area (Å²) in [5.74, 6) is 0.636. The van der Waals surface area contributed by atoms with Crippen LogP contribution in [0.4, 0.5) is 5.13 Å². The van der Waals surface area contributed by atoms with Crippen LogP contribution in [0.3, 0.4) is 0 Å². The van der Waals surface area contributed by atoms with E-state index in [1.165, 1.54) is 18.4 Å². The third-order valence-corrected chi connectivity index (χ3v) is 4.75. The number of methoxy groups -OCH3 is 2. The molecule has 0 aliphatic rings. The number of carbonyl (C=O) groups is 1. The highest BCUT2D eigenvalue weighted by Gasteiger charge is 2.16. The Balaban J connectivity index is 1.92. The molecule has 0 aliphatic heterocycles. The maximum absolute atomic E-state index is 12.5. The molecular weight excluding hydrogens is 371 g/mol. The second-order valence-electron chi connectivity index (χ2n) is 4.77. The van der Waals surface area contributed by atoms with Crippen molar-refractivity contribution in [2.24, 2.45) is 0 Å². The van der Waals surface area contributed by atoms with Crippen molar-refractivity contribution in [1.82, 2.24) is 4.98 Å². The Kier molecular flexibility index (Phi) is 4.80. The normalized spacial score (nSPS) is 10.7. The summed E-state index contributed by atoms with van der Waals surface area (Å²) < 4.78 is 11.2. The van der Waals surface area contributed by atoms with E-state index in [2.05, 4.69) is 10.3 Å². The van der Waals surface area contributed by atoms with Gasteiger partial charge in [0, 0.05) is 11.1 Å². The molecule has 3 aromatic rings. The van der Waals surface area contributed by atoms with Crippen LogP contribution in [-0.2, 0) is 0 Å². The summed E-state index contributed by atoms with van der Waals surface area (Å²) in [6, 6.07) is 8.32. The fourth-order valence-corrected chi connectivity index (χ4v) is 3.44. The molecule has 1 aromatic heterocycles. The number of hydrogen-bond acceptors (Lipinski definition) is 5. The zero-order valence-corrected chi connectivity index (χ0v) is 15.1. The molecule has 2 aromatic carbocycles. The number of benzene rings is 2. The maximum atomic E-state index is 12.5. The lowest BCUT2D eigenvalue weighted by molar-refractivity contribution is 0.102. The van der Waals surface area contributed by atoms with Crippen LogP contribution in [0, 0.1) is 0 Å². The molecule has 0 spiro atoms. The lowest BCUT2D eigenvalue weighted by atomic mass is 10.2. The molecule has 0 radical (unpaired) electrons. The zero-order chi connectivity index (χ0) is 17.3. The monoisotopic (exact) mass is 382 g/mol. The van der Waals surface area contributed by atoms with Gasteiger partial charge in [-0.25, -0.2) is 4.98 Å². The van der Waals surface area contributed by atoms with E-state index < -0.39 is 0 Å². The molecule has 0 saturated carbocycles. The number of amides is 1. The third-order valence-electron chi connectivity index (χ3n) is 3.29. The molecule has 1 heterocycles. The van der Waals surface area contributed by atoms with Crippen molar-refractivity contribution < 1.29 is 14.3 Å². The van der Waals surface area contributed by atoms with Gasteiger partial charge in [-0.1, -0.05) is 34.5 Å². The van der Waals surface area contributed by atoms with Crippen LogP contribution in [0.15, 0.2) is 30.3 Å². The molecule has 0 aliphatic carbocycles. The molecule has 124 valence electrons. The summed E-state index contributed by atoms with van der Waals surface area (Å²) in [5, 5.41) is 4.11. The first-order chi connectivity index (χ1) is 11.5. The van der Waals surface area contributed by atoms with Gasteiger partial charge in [-0.2, -0.15) is 0 Å². The summed E-state index contributed by atoms with van der Waals surface area (Å²) in [6.45, 7) is 0.